The Bertz CT molecular complexity index is 1180. The molecule has 1 aliphatic heterocycles. The van der Waals surface area contributed by atoms with Gasteiger partial charge in [0, 0.05) is 16.6 Å². The number of anilines is 1. The number of carbonyl (C=O) groups is 1. The summed E-state index contributed by atoms with van der Waals surface area (Å²) in [6, 6.07) is 19.7. The van der Waals surface area contributed by atoms with Gasteiger partial charge in [0.15, 0.2) is 0 Å². The first-order valence-corrected chi connectivity index (χ1v) is 11.2. The van der Waals surface area contributed by atoms with Crippen molar-refractivity contribution in [1.29, 1.82) is 0 Å². The summed E-state index contributed by atoms with van der Waals surface area (Å²) < 4.78 is 5.94. The van der Waals surface area contributed by atoms with Crippen molar-refractivity contribution in [2.45, 2.75) is 31.9 Å². The van der Waals surface area contributed by atoms with Crippen molar-refractivity contribution in [3.05, 3.63) is 106 Å². The fourth-order valence-corrected chi connectivity index (χ4v) is 5.02. The molecule has 1 heterocycles. The van der Waals surface area contributed by atoms with Crippen LogP contribution in [0.4, 0.5) is 5.69 Å². The van der Waals surface area contributed by atoms with Gasteiger partial charge >= 0.3 is 5.97 Å². The Labute approximate surface area is 192 Å². The maximum Gasteiger partial charge on any atom is 0.336 e. The molecule has 0 saturated heterocycles. The average molecular weight is 446 g/mol. The average Bonchev–Trinajstić information content (AvgIpc) is 3.29. The van der Waals surface area contributed by atoms with Crippen molar-refractivity contribution < 1.29 is 14.6 Å². The number of carboxylic acid groups (broad SMARTS) is 1. The maximum absolute atomic E-state index is 11.6. The molecule has 5 rings (SSSR count). The number of ether oxygens (including phenoxy) is 1. The lowest BCUT2D eigenvalue weighted by atomic mass is 9.76. The van der Waals surface area contributed by atoms with Gasteiger partial charge in [0.1, 0.15) is 12.4 Å². The van der Waals surface area contributed by atoms with Crippen molar-refractivity contribution in [3.8, 4) is 5.75 Å². The van der Waals surface area contributed by atoms with Gasteiger partial charge in [-0.3, -0.25) is 0 Å². The van der Waals surface area contributed by atoms with Crippen molar-refractivity contribution in [3.63, 3.8) is 0 Å². The van der Waals surface area contributed by atoms with Crippen LogP contribution in [0.1, 0.15) is 51.0 Å². The molecule has 0 fully saturated rings. The predicted octanol–water partition coefficient (Wildman–Crippen LogP) is 6.75. The summed E-state index contributed by atoms with van der Waals surface area (Å²) in [4.78, 5) is 11.6. The van der Waals surface area contributed by atoms with E-state index < -0.39 is 5.97 Å². The SMILES string of the molecule is Cc1c(C(=O)O)ccc2c1N[C@@H](c1ccc(OCc3ccc(Cl)cc3)cc1)[C@H]1CC=C[C@@H]21. The van der Waals surface area contributed by atoms with Crippen molar-refractivity contribution in [1.82, 2.24) is 0 Å². The fourth-order valence-electron chi connectivity index (χ4n) is 4.89. The zero-order valence-electron chi connectivity index (χ0n) is 17.7. The Balaban J connectivity index is 1.38. The Morgan fingerprint density at radius 2 is 1.84 bits per heavy atom. The molecule has 0 bridgehead atoms. The maximum atomic E-state index is 11.6. The Hall–Kier alpha value is -3.24. The van der Waals surface area contributed by atoms with E-state index in [4.69, 9.17) is 16.3 Å². The molecule has 0 radical (unpaired) electrons. The van der Waals surface area contributed by atoms with Gasteiger partial charge in [-0.2, -0.15) is 0 Å². The molecule has 32 heavy (non-hydrogen) atoms. The molecule has 0 aromatic heterocycles. The molecule has 1 aliphatic carbocycles. The Kier molecular flexibility index (Phi) is 5.40. The minimum absolute atomic E-state index is 0.107. The largest absolute Gasteiger partial charge is 0.489 e. The van der Waals surface area contributed by atoms with Crippen LogP contribution in [0.15, 0.2) is 72.8 Å². The summed E-state index contributed by atoms with van der Waals surface area (Å²) in [5.41, 5.74) is 5.51. The smallest absolute Gasteiger partial charge is 0.336 e. The summed E-state index contributed by atoms with van der Waals surface area (Å²) in [5.74, 6) is 0.609. The quantitative estimate of drug-likeness (QED) is 0.426. The van der Waals surface area contributed by atoms with Crippen LogP contribution in [0, 0.1) is 12.8 Å². The number of hydrogen-bond donors (Lipinski definition) is 2. The molecule has 3 aromatic rings. The number of benzene rings is 3. The second-order valence-electron chi connectivity index (χ2n) is 8.47. The lowest BCUT2D eigenvalue weighted by Gasteiger charge is -2.38. The van der Waals surface area contributed by atoms with Gasteiger partial charge in [-0.25, -0.2) is 4.79 Å². The zero-order valence-corrected chi connectivity index (χ0v) is 18.5. The van der Waals surface area contributed by atoms with Crippen molar-refractivity contribution >= 4 is 23.3 Å². The molecule has 2 aliphatic rings. The summed E-state index contributed by atoms with van der Waals surface area (Å²) >= 11 is 5.94. The van der Waals surface area contributed by atoms with Gasteiger partial charge < -0.3 is 15.2 Å². The van der Waals surface area contributed by atoms with Crippen molar-refractivity contribution in [2.24, 2.45) is 5.92 Å². The molecule has 162 valence electrons. The molecular weight excluding hydrogens is 422 g/mol. The molecule has 0 amide bonds. The number of carboxylic acids is 1. The fraction of sp³-hybridized carbons (Fsp3) is 0.222. The van der Waals surface area contributed by atoms with E-state index in [2.05, 4.69) is 29.6 Å². The van der Waals surface area contributed by atoms with E-state index >= 15 is 0 Å². The normalized spacial score (nSPS) is 20.9. The van der Waals surface area contributed by atoms with Crippen LogP contribution in [0.3, 0.4) is 0 Å². The molecule has 0 saturated carbocycles. The summed E-state index contributed by atoms with van der Waals surface area (Å²) in [6.45, 7) is 2.37. The summed E-state index contributed by atoms with van der Waals surface area (Å²) in [6.07, 6.45) is 5.50. The number of nitrogens with one attached hydrogen (secondary N) is 1. The molecule has 0 unspecified atom stereocenters. The number of rotatable bonds is 5. The van der Waals surface area contributed by atoms with Crippen molar-refractivity contribution in [2.75, 3.05) is 5.32 Å². The van der Waals surface area contributed by atoms with Gasteiger partial charge in [0.05, 0.1) is 11.6 Å². The van der Waals surface area contributed by atoms with E-state index in [0.717, 1.165) is 29.0 Å². The minimum Gasteiger partial charge on any atom is -0.489 e. The first kappa shape index (κ1) is 20.7. The van der Waals surface area contributed by atoms with Gasteiger partial charge in [-0.05, 0) is 71.8 Å². The third kappa shape index (κ3) is 3.76. The van der Waals surface area contributed by atoms with Crippen LogP contribution in [0.25, 0.3) is 0 Å². The number of halogens is 1. The standard InChI is InChI=1S/C27H24ClNO3/c1-16-21(27(30)31)13-14-24-22-3-2-4-23(22)26(29-25(16)24)18-7-11-20(12-8-18)32-15-17-5-9-19(28)10-6-17/h2-3,5-14,22-23,26,29H,4,15H2,1H3,(H,30,31)/t22-,23+,26+/m1/s1. The highest BCUT2D eigenvalue weighted by Crippen LogP contribution is 2.51. The highest BCUT2D eigenvalue weighted by molar-refractivity contribution is 6.30. The lowest BCUT2D eigenvalue weighted by Crippen LogP contribution is -2.30. The van der Waals surface area contributed by atoms with Crippen LogP contribution < -0.4 is 10.1 Å². The van der Waals surface area contributed by atoms with Gasteiger partial charge in [-0.15, -0.1) is 0 Å². The van der Waals surface area contributed by atoms with Crippen LogP contribution in [0.2, 0.25) is 5.02 Å². The third-order valence-corrected chi connectivity index (χ3v) is 6.84. The van der Waals surface area contributed by atoms with Crippen LogP contribution in [-0.2, 0) is 6.61 Å². The van der Waals surface area contributed by atoms with E-state index in [1.165, 1.54) is 11.1 Å². The third-order valence-electron chi connectivity index (χ3n) is 6.59. The van der Waals surface area contributed by atoms with E-state index in [-0.39, 0.29) is 6.04 Å². The molecule has 3 atom stereocenters. The Morgan fingerprint density at radius 3 is 2.56 bits per heavy atom. The number of hydrogen-bond acceptors (Lipinski definition) is 3. The van der Waals surface area contributed by atoms with Crippen LogP contribution in [0.5, 0.6) is 5.75 Å². The summed E-state index contributed by atoms with van der Waals surface area (Å²) in [5, 5.41) is 13.9. The highest BCUT2D eigenvalue weighted by Gasteiger charge is 2.38. The predicted molar refractivity (Wildman–Crippen MR) is 127 cm³/mol. The van der Waals surface area contributed by atoms with E-state index in [1.807, 2.05) is 49.4 Å². The number of allylic oxidation sites excluding steroid dienone is 2. The molecule has 5 heteroatoms. The molecular formula is C27H24ClNO3. The van der Waals surface area contributed by atoms with E-state index in [1.54, 1.807) is 6.07 Å². The van der Waals surface area contributed by atoms with E-state index in [0.29, 0.717) is 29.0 Å². The second kappa shape index (κ2) is 8.36. The minimum atomic E-state index is -0.894. The molecule has 2 N–H and O–H groups in total. The zero-order chi connectivity index (χ0) is 22.2. The van der Waals surface area contributed by atoms with Gasteiger partial charge in [0.2, 0.25) is 0 Å². The monoisotopic (exact) mass is 445 g/mol. The van der Waals surface area contributed by atoms with Gasteiger partial charge in [0.25, 0.3) is 0 Å². The molecule has 3 aromatic carbocycles. The highest BCUT2D eigenvalue weighted by atomic mass is 35.5. The Morgan fingerprint density at radius 1 is 1.09 bits per heavy atom. The number of aromatic carboxylic acids is 1. The summed E-state index contributed by atoms with van der Waals surface area (Å²) in [7, 11) is 0. The lowest BCUT2D eigenvalue weighted by molar-refractivity contribution is 0.0696. The van der Waals surface area contributed by atoms with Crippen LogP contribution >= 0.6 is 11.6 Å². The topological polar surface area (TPSA) is 58.6 Å². The molecule has 0 spiro atoms. The molecule has 4 nitrogen and oxygen atoms in total. The van der Waals surface area contributed by atoms with Crippen LogP contribution in [-0.4, -0.2) is 11.1 Å². The first-order chi connectivity index (χ1) is 15.5. The second-order valence-corrected chi connectivity index (χ2v) is 8.90. The first-order valence-electron chi connectivity index (χ1n) is 10.8. The van der Waals surface area contributed by atoms with Gasteiger partial charge in [-0.1, -0.05) is 54.1 Å². The number of fused-ring (bicyclic) bond motifs is 3. The van der Waals surface area contributed by atoms with E-state index in [9.17, 15) is 9.90 Å².